The van der Waals surface area contributed by atoms with Crippen molar-refractivity contribution < 1.29 is 19.1 Å². The Morgan fingerprint density at radius 3 is 2.10 bits per heavy atom. The number of morpholine rings is 1. The second-order valence-electron chi connectivity index (χ2n) is 9.02. The van der Waals surface area contributed by atoms with Gasteiger partial charge in [-0.25, -0.2) is 9.59 Å². The number of benzene rings is 2. The highest BCUT2D eigenvalue weighted by molar-refractivity contribution is 5.83. The quantitative estimate of drug-likeness (QED) is 0.409. The molecule has 0 aliphatic carbocycles. The molecule has 3 atom stereocenters. The van der Waals surface area contributed by atoms with Crippen LogP contribution in [0.25, 0.3) is 0 Å². The smallest absolute Gasteiger partial charge is 0.411 e. The number of esters is 1. The van der Waals surface area contributed by atoms with Crippen molar-refractivity contribution in [3.05, 3.63) is 71.8 Å². The molecule has 0 bridgehead atoms. The van der Waals surface area contributed by atoms with E-state index in [1.54, 1.807) is 4.90 Å². The Morgan fingerprint density at radius 2 is 1.55 bits per heavy atom. The van der Waals surface area contributed by atoms with E-state index in [0.29, 0.717) is 6.42 Å². The van der Waals surface area contributed by atoms with Gasteiger partial charge >= 0.3 is 12.1 Å². The monoisotopic (exact) mass is 423 g/mol. The summed E-state index contributed by atoms with van der Waals surface area (Å²) >= 11 is 0. The van der Waals surface area contributed by atoms with Gasteiger partial charge in [0.2, 0.25) is 0 Å². The number of rotatable bonds is 6. The molecule has 1 fully saturated rings. The second-order valence-corrected chi connectivity index (χ2v) is 9.02. The van der Waals surface area contributed by atoms with E-state index in [9.17, 15) is 9.59 Å². The van der Waals surface area contributed by atoms with Gasteiger partial charge in [0, 0.05) is 0 Å². The van der Waals surface area contributed by atoms with Crippen LogP contribution in [0.3, 0.4) is 0 Å². The molecular weight excluding hydrogens is 390 g/mol. The average molecular weight is 424 g/mol. The van der Waals surface area contributed by atoms with Crippen LogP contribution in [-0.2, 0) is 14.3 Å². The van der Waals surface area contributed by atoms with Crippen molar-refractivity contribution in [3.8, 4) is 0 Å². The van der Waals surface area contributed by atoms with Gasteiger partial charge in [0.15, 0.2) is 6.10 Å². The highest BCUT2D eigenvalue weighted by Crippen LogP contribution is 2.43. The van der Waals surface area contributed by atoms with E-state index >= 15 is 0 Å². The summed E-state index contributed by atoms with van der Waals surface area (Å²) in [6.45, 7) is 7.63. The Labute approximate surface area is 185 Å². The fourth-order valence-electron chi connectivity index (χ4n) is 4.00. The zero-order valence-corrected chi connectivity index (χ0v) is 18.9. The molecule has 3 rings (SSSR count). The Hall–Kier alpha value is -2.82. The third kappa shape index (κ3) is 5.66. The lowest BCUT2D eigenvalue weighted by Gasteiger charge is -2.45. The highest BCUT2D eigenvalue weighted by Gasteiger charge is 2.48. The molecule has 1 saturated heterocycles. The molecule has 0 N–H and O–H groups in total. The molecule has 31 heavy (non-hydrogen) atoms. The minimum absolute atomic E-state index is 0.372. The van der Waals surface area contributed by atoms with Gasteiger partial charge in [-0.1, -0.05) is 86.8 Å². The highest BCUT2D eigenvalue weighted by atomic mass is 16.6. The molecule has 2 aromatic rings. The van der Waals surface area contributed by atoms with Gasteiger partial charge in [-0.2, -0.15) is 0 Å². The van der Waals surface area contributed by atoms with Crippen molar-refractivity contribution in [3.63, 3.8) is 0 Å². The Morgan fingerprint density at radius 1 is 0.968 bits per heavy atom. The van der Waals surface area contributed by atoms with Gasteiger partial charge in [0.25, 0.3) is 0 Å². The van der Waals surface area contributed by atoms with E-state index in [4.69, 9.17) is 9.47 Å². The van der Waals surface area contributed by atoms with Gasteiger partial charge in [-0.15, -0.1) is 0 Å². The zero-order valence-electron chi connectivity index (χ0n) is 18.9. The fourth-order valence-corrected chi connectivity index (χ4v) is 4.00. The average Bonchev–Trinajstić information content (AvgIpc) is 2.74. The normalized spacial score (nSPS) is 21.5. The number of hydrogen-bond acceptors (Lipinski definition) is 4. The van der Waals surface area contributed by atoms with Crippen LogP contribution in [0.4, 0.5) is 4.79 Å². The largest absolute Gasteiger partial charge is 0.453 e. The van der Waals surface area contributed by atoms with Crippen molar-refractivity contribution >= 4 is 12.1 Å². The number of hydrogen-bond donors (Lipinski definition) is 0. The van der Waals surface area contributed by atoms with Gasteiger partial charge < -0.3 is 9.47 Å². The number of ether oxygens (including phenoxy) is 2. The Kier molecular flexibility index (Phi) is 7.37. The van der Waals surface area contributed by atoms with E-state index in [1.165, 1.54) is 0 Å². The summed E-state index contributed by atoms with van der Waals surface area (Å²) in [6.07, 6.45) is 2.32. The summed E-state index contributed by atoms with van der Waals surface area (Å²) in [7, 11) is 0. The molecule has 2 aromatic carbocycles. The van der Waals surface area contributed by atoms with Crippen LogP contribution in [0.5, 0.6) is 0 Å². The van der Waals surface area contributed by atoms with Gasteiger partial charge in [0.1, 0.15) is 17.7 Å². The van der Waals surface area contributed by atoms with E-state index < -0.39 is 29.9 Å². The van der Waals surface area contributed by atoms with E-state index in [0.717, 1.165) is 30.4 Å². The minimum Gasteiger partial charge on any atom is -0.453 e. The topological polar surface area (TPSA) is 55.8 Å². The molecule has 0 radical (unpaired) electrons. The molecule has 5 nitrogen and oxygen atoms in total. The third-order valence-corrected chi connectivity index (χ3v) is 5.39. The van der Waals surface area contributed by atoms with E-state index in [1.807, 2.05) is 81.4 Å². The number of unbranched alkanes of at least 4 members (excludes halogenated alkanes) is 2. The van der Waals surface area contributed by atoms with Crippen LogP contribution in [0.1, 0.15) is 76.7 Å². The summed E-state index contributed by atoms with van der Waals surface area (Å²) in [5, 5.41) is 0. The first-order valence-electron chi connectivity index (χ1n) is 11.1. The standard InChI is InChI=1S/C26H33NO4/c1-5-6-9-18-21-24(28)30-23(20-16-12-8-13-17-20)22(19-14-10-7-11-15-19)27(21)25(29)31-26(2,3)4/h7-8,10-17,21-23H,5-6,9,18H2,1-4H3/t21-,22-,23+/m1/s1. The molecule has 5 heteroatoms. The molecule has 0 aromatic heterocycles. The van der Waals surface area contributed by atoms with Crippen LogP contribution in [0.2, 0.25) is 0 Å². The summed E-state index contributed by atoms with van der Waals surface area (Å²) in [4.78, 5) is 28.2. The molecule has 0 spiro atoms. The summed E-state index contributed by atoms with van der Waals surface area (Å²) in [5.41, 5.74) is 1.09. The van der Waals surface area contributed by atoms with Crippen LogP contribution in [0, 0.1) is 0 Å². The van der Waals surface area contributed by atoms with Crippen molar-refractivity contribution in [2.24, 2.45) is 0 Å². The Bertz CT molecular complexity index is 860. The van der Waals surface area contributed by atoms with Crippen LogP contribution in [-0.4, -0.2) is 28.6 Å². The maximum atomic E-state index is 13.5. The number of carbonyl (C=O) groups is 2. The Balaban J connectivity index is 2.08. The molecule has 0 unspecified atom stereocenters. The third-order valence-electron chi connectivity index (χ3n) is 5.39. The predicted octanol–water partition coefficient (Wildman–Crippen LogP) is 6.21. The second kappa shape index (κ2) is 9.99. The van der Waals surface area contributed by atoms with Gasteiger partial charge in [-0.05, 0) is 38.3 Å². The molecule has 166 valence electrons. The minimum atomic E-state index is -0.674. The summed E-state index contributed by atoms with van der Waals surface area (Å²) < 4.78 is 11.8. The fraction of sp³-hybridized carbons (Fsp3) is 0.462. The summed E-state index contributed by atoms with van der Waals surface area (Å²) in [6, 6.07) is 18.2. The lowest BCUT2D eigenvalue weighted by atomic mass is 9.90. The molecule has 1 aliphatic heterocycles. The predicted molar refractivity (Wildman–Crippen MR) is 120 cm³/mol. The first kappa shape index (κ1) is 22.9. The maximum absolute atomic E-state index is 13.5. The summed E-state index contributed by atoms with van der Waals surface area (Å²) in [5.74, 6) is -0.372. The number of cyclic esters (lactones) is 1. The number of nitrogens with zero attached hydrogens (tertiary/aromatic N) is 1. The molecular formula is C26H33NO4. The van der Waals surface area contributed by atoms with Crippen molar-refractivity contribution in [1.29, 1.82) is 0 Å². The van der Waals surface area contributed by atoms with Crippen LogP contribution >= 0.6 is 0 Å². The SMILES string of the molecule is CCCCC[C@@H]1C(=O)O[C@@H](c2ccccc2)[C@@H](c2ccccc2)N1C(=O)OC(C)(C)C. The van der Waals surface area contributed by atoms with Gasteiger partial charge in [0.05, 0.1) is 0 Å². The number of amides is 1. The molecule has 1 amide bonds. The number of carbonyl (C=O) groups excluding carboxylic acids is 2. The van der Waals surface area contributed by atoms with Crippen molar-refractivity contribution in [2.45, 2.75) is 77.2 Å². The van der Waals surface area contributed by atoms with Crippen LogP contribution in [0.15, 0.2) is 60.7 Å². The molecule has 1 heterocycles. The van der Waals surface area contributed by atoms with Crippen molar-refractivity contribution in [2.75, 3.05) is 0 Å². The van der Waals surface area contributed by atoms with E-state index in [2.05, 4.69) is 6.92 Å². The van der Waals surface area contributed by atoms with Crippen molar-refractivity contribution in [1.82, 2.24) is 4.90 Å². The first-order valence-corrected chi connectivity index (χ1v) is 11.1. The van der Waals surface area contributed by atoms with Gasteiger partial charge in [-0.3, -0.25) is 4.90 Å². The van der Waals surface area contributed by atoms with Crippen LogP contribution < -0.4 is 0 Å². The lowest BCUT2D eigenvalue weighted by molar-refractivity contribution is -0.174. The van der Waals surface area contributed by atoms with E-state index in [-0.39, 0.29) is 5.97 Å². The lowest BCUT2D eigenvalue weighted by Crippen LogP contribution is -2.55. The zero-order chi connectivity index (χ0) is 22.4. The molecule has 0 saturated carbocycles. The molecule has 1 aliphatic rings. The first-order chi connectivity index (χ1) is 14.8. The maximum Gasteiger partial charge on any atom is 0.411 e.